The molecule has 0 spiro atoms. The monoisotopic (exact) mass is 287 g/mol. The van der Waals surface area contributed by atoms with Gasteiger partial charge in [-0.3, -0.25) is 4.79 Å². The van der Waals surface area contributed by atoms with Crippen LogP contribution in [0.2, 0.25) is 0 Å². The quantitative estimate of drug-likeness (QED) is 0.763. The van der Waals surface area contributed by atoms with Gasteiger partial charge in [-0.25, -0.2) is 0 Å². The van der Waals surface area contributed by atoms with Crippen LogP contribution in [0.15, 0.2) is 48.5 Å². The van der Waals surface area contributed by atoms with E-state index in [0.717, 1.165) is 16.8 Å². The van der Waals surface area contributed by atoms with Crippen molar-refractivity contribution in [3.05, 3.63) is 65.2 Å². The Balaban J connectivity index is 2.36. The van der Waals surface area contributed by atoms with Gasteiger partial charge in [-0.2, -0.15) is 0 Å². The third-order valence-corrected chi connectivity index (χ3v) is 3.60. The van der Waals surface area contributed by atoms with Crippen LogP contribution in [0, 0.1) is 6.92 Å². The summed E-state index contributed by atoms with van der Waals surface area (Å²) in [5.41, 5.74) is 3.68. The SMILES string of the molecule is CCN(C(=O)c1cccc(CCl)c1)c1ccccc1C. The molecule has 0 aliphatic rings. The smallest absolute Gasteiger partial charge is 0.258 e. The number of rotatable bonds is 4. The van der Waals surface area contributed by atoms with Crippen LogP contribution in [0.5, 0.6) is 0 Å². The second kappa shape index (κ2) is 6.58. The molecule has 0 heterocycles. The van der Waals surface area contributed by atoms with Crippen LogP contribution in [0.4, 0.5) is 5.69 Å². The Kier molecular flexibility index (Phi) is 4.80. The molecule has 0 fully saturated rings. The molecule has 0 aliphatic heterocycles. The van der Waals surface area contributed by atoms with E-state index in [1.807, 2.05) is 62.4 Å². The van der Waals surface area contributed by atoms with Gasteiger partial charge in [0, 0.05) is 23.7 Å². The topological polar surface area (TPSA) is 20.3 Å². The van der Waals surface area contributed by atoms with Gasteiger partial charge in [0.15, 0.2) is 0 Å². The Labute approximate surface area is 125 Å². The number of carbonyl (C=O) groups excluding carboxylic acids is 1. The number of anilines is 1. The normalized spacial score (nSPS) is 10.3. The van der Waals surface area contributed by atoms with Crippen molar-refractivity contribution in [2.75, 3.05) is 11.4 Å². The Morgan fingerprint density at radius 3 is 2.55 bits per heavy atom. The highest BCUT2D eigenvalue weighted by Crippen LogP contribution is 2.22. The Bertz CT molecular complexity index is 609. The fraction of sp³-hybridized carbons (Fsp3) is 0.235. The summed E-state index contributed by atoms with van der Waals surface area (Å²) in [6.07, 6.45) is 0. The predicted molar refractivity (Wildman–Crippen MR) is 84.5 cm³/mol. The fourth-order valence-electron chi connectivity index (χ4n) is 2.23. The maximum absolute atomic E-state index is 12.7. The zero-order valence-electron chi connectivity index (χ0n) is 11.8. The van der Waals surface area contributed by atoms with Gasteiger partial charge in [0.25, 0.3) is 5.91 Å². The number of hydrogen-bond acceptors (Lipinski definition) is 1. The maximum atomic E-state index is 12.7. The van der Waals surface area contributed by atoms with Crippen LogP contribution in [0.25, 0.3) is 0 Å². The summed E-state index contributed by atoms with van der Waals surface area (Å²) in [4.78, 5) is 14.5. The highest BCUT2D eigenvalue weighted by molar-refractivity contribution is 6.17. The Morgan fingerprint density at radius 1 is 1.15 bits per heavy atom. The van der Waals surface area contributed by atoms with Crippen LogP contribution < -0.4 is 4.90 Å². The molecule has 2 rings (SSSR count). The molecule has 0 aromatic heterocycles. The number of benzene rings is 2. The first kappa shape index (κ1) is 14.6. The van der Waals surface area contributed by atoms with Gasteiger partial charge in [-0.15, -0.1) is 11.6 Å². The summed E-state index contributed by atoms with van der Waals surface area (Å²) in [6, 6.07) is 15.4. The van der Waals surface area contributed by atoms with Gasteiger partial charge in [0.1, 0.15) is 0 Å². The molecule has 0 bridgehead atoms. The zero-order valence-corrected chi connectivity index (χ0v) is 12.5. The van der Waals surface area contributed by atoms with Crippen molar-refractivity contribution < 1.29 is 4.79 Å². The minimum absolute atomic E-state index is 0.00812. The van der Waals surface area contributed by atoms with E-state index in [1.165, 1.54) is 0 Å². The molecule has 0 aliphatic carbocycles. The third kappa shape index (κ3) is 3.02. The van der Waals surface area contributed by atoms with E-state index in [2.05, 4.69) is 0 Å². The summed E-state index contributed by atoms with van der Waals surface area (Å²) < 4.78 is 0. The first-order chi connectivity index (χ1) is 9.67. The molecule has 0 saturated carbocycles. The van der Waals surface area contributed by atoms with E-state index < -0.39 is 0 Å². The van der Waals surface area contributed by atoms with Crippen molar-refractivity contribution in [1.82, 2.24) is 0 Å². The average Bonchev–Trinajstić information content (AvgIpc) is 2.49. The zero-order chi connectivity index (χ0) is 14.5. The van der Waals surface area contributed by atoms with Gasteiger partial charge >= 0.3 is 0 Å². The summed E-state index contributed by atoms with van der Waals surface area (Å²) in [7, 11) is 0. The third-order valence-electron chi connectivity index (χ3n) is 3.30. The second-order valence-corrected chi connectivity index (χ2v) is 4.94. The number of amides is 1. The van der Waals surface area contributed by atoms with E-state index in [1.54, 1.807) is 4.90 Å². The first-order valence-electron chi connectivity index (χ1n) is 6.69. The summed E-state index contributed by atoms with van der Waals surface area (Å²) in [6.45, 7) is 4.63. The molecule has 104 valence electrons. The van der Waals surface area contributed by atoms with E-state index in [9.17, 15) is 4.79 Å². The molecule has 0 saturated heterocycles. The van der Waals surface area contributed by atoms with Crippen LogP contribution in [0.3, 0.4) is 0 Å². The van der Waals surface area contributed by atoms with Gasteiger partial charge in [0.05, 0.1) is 0 Å². The molecule has 2 aromatic rings. The van der Waals surface area contributed by atoms with E-state index >= 15 is 0 Å². The number of para-hydroxylation sites is 1. The molecule has 1 amide bonds. The Morgan fingerprint density at radius 2 is 1.90 bits per heavy atom. The van der Waals surface area contributed by atoms with Crippen molar-refractivity contribution in [1.29, 1.82) is 0 Å². The van der Waals surface area contributed by atoms with Crippen LogP contribution in [-0.4, -0.2) is 12.5 Å². The number of nitrogens with zero attached hydrogens (tertiary/aromatic N) is 1. The van der Waals surface area contributed by atoms with Crippen molar-refractivity contribution in [2.45, 2.75) is 19.7 Å². The standard InChI is InChI=1S/C17H18ClNO/c1-3-19(16-10-5-4-7-13(16)2)17(20)15-9-6-8-14(11-15)12-18/h4-11H,3,12H2,1-2H3. The highest BCUT2D eigenvalue weighted by atomic mass is 35.5. The average molecular weight is 288 g/mol. The summed E-state index contributed by atoms with van der Waals surface area (Å²) >= 11 is 5.83. The number of aryl methyl sites for hydroxylation is 1. The lowest BCUT2D eigenvalue weighted by atomic mass is 10.1. The minimum atomic E-state index is 0.00812. The molecule has 0 unspecified atom stereocenters. The summed E-state index contributed by atoms with van der Waals surface area (Å²) in [5, 5.41) is 0. The van der Waals surface area contributed by atoms with Gasteiger partial charge < -0.3 is 4.90 Å². The molecular formula is C17H18ClNO. The van der Waals surface area contributed by atoms with Crippen LogP contribution in [0.1, 0.15) is 28.4 Å². The number of alkyl halides is 1. The van der Waals surface area contributed by atoms with Crippen LogP contribution in [-0.2, 0) is 5.88 Å². The lowest BCUT2D eigenvalue weighted by molar-refractivity contribution is 0.0988. The van der Waals surface area contributed by atoms with Crippen molar-refractivity contribution in [2.24, 2.45) is 0 Å². The molecule has 2 nitrogen and oxygen atoms in total. The second-order valence-electron chi connectivity index (χ2n) is 4.67. The number of hydrogen-bond donors (Lipinski definition) is 0. The number of carbonyl (C=O) groups is 1. The van der Waals surface area contributed by atoms with Gasteiger partial charge in [-0.1, -0.05) is 30.3 Å². The van der Waals surface area contributed by atoms with E-state index in [4.69, 9.17) is 11.6 Å². The summed E-state index contributed by atoms with van der Waals surface area (Å²) in [5.74, 6) is 0.422. The lowest BCUT2D eigenvalue weighted by Crippen LogP contribution is -2.31. The van der Waals surface area contributed by atoms with Gasteiger partial charge in [-0.05, 0) is 43.2 Å². The fourth-order valence-corrected chi connectivity index (χ4v) is 2.40. The predicted octanol–water partition coefficient (Wildman–Crippen LogP) is 4.40. The van der Waals surface area contributed by atoms with Crippen LogP contribution >= 0.6 is 11.6 Å². The molecular weight excluding hydrogens is 270 g/mol. The molecule has 20 heavy (non-hydrogen) atoms. The molecule has 0 N–H and O–H groups in total. The molecule has 0 radical (unpaired) electrons. The molecule has 3 heteroatoms. The van der Waals surface area contributed by atoms with Crippen molar-refractivity contribution >= 4 is 23.2 Å². The largest absolute Gasteiger partial charge is 0.308 e. The maximum Gasteiger partial charge on any atom is 0.258 e. The molecule has 0 atom stereocenters. The van der Waals surface area contributed by atoms with Crippen molar-refractivity contribution in [3.8, 4) is 0 Å². The lowest BCUT2D eigenvalue weighted by Gasteiger charge is -2.23. The first-order valence-corrected chi connectivity index (χ1v) is 7.23. The molecule has 2 aromatic carbocycles. The van der Waals surface area contributed by atoms with Gasteiger partial charge in [0.2, 0.25) is 0 Å². The Hall–Kier alpha value is -1.80. The minimum Gasteiger partial charge on any atom is -0.308 e. The van der Waals surface area contributed by atoms with Crippen molar-refractivity contribution in [3.63, 3.8) is 0 Å². The number of halogens is 1. The highest BCUT2D eigenvalue weighted by Gasteiger charge is 2.17. The van der Waals surface area contributed by atoms with E-state index in [-0.39, 0.29) is 5.91 Å². The van der Waals surface area contributed by atoms with E-state index in [0.29, 0.717) is 18.0 Å².